The van der Waals surface area contributed by atoms with Gasteiger partial charge < -0.3 is 27.6 Å². The predicted molar refractivity (Wildman–Crippen MR) is 265 cm³/mol. The van der Waals surface area contributed by atoms with E-state index in [0.717, 1.165) is 49.9 Å². The van der Waals surface area contributed by atoms with Gasteiger partial charge in [-0.25, -0.2) is 14.8 Å². The Morgan fingerprint density at radius 1 is 0.597 bits per heavy atom. The normalized spacial score (nSPS) is 10.3. The summed E-state index contributed by atoms with van der Waals surface area (Å²) in [5.74, 6) is -1.06. The van der Waals surface area contributed by atoms with Crippen LogP contribution in [0.4, 0.5) is 11.6 Å². The molecule has 67 heavy (non-hydrogen) atoms. The van der Waals surface area contributed by atoms with Gasteiger partial charge in [0.1, 0.15) is 23.0 Å². The molecule has 344 valence electrons. The first-order valence-corrected chi connectivity index (χ1v) is 20.6. The third kappa shape index (κ3) is 13.1. The molecule has 2 aromatic carbocycles. The van der Waals surface area contributed by atoms with Crippen LogP contribution in [0.25, 0.3) is 21.8 Å². The quantitative estimate of drug-likeness (QED) is 0.0846. The maximum Gasteiger partial charge on any atom is 0.335 e. The Hall–Kier alpha value is -7.43. The highest BCUT2D eigenvalue weighted by Gasteiger charge is 2.17. The van der Waals surface area contributed by atoms with Crippen molar-refractivity contribution in [2.24, 2.45) is 5.73 Å². The second-order valence-electron chi connectivity index (χ2n) is 14.7. The number of fused-ring (bicyclic) bond motifs is 2. The van der Waals surface area contributed by atoms with Crippen LogP contribution >= 0.6 is 35.6 Å². The Morgan fingerprint density at radius 3 is 1.49 bits per heavy atom. The number of carbonyl (C=O) groups excluding carboxylic acids is 3. The first-order valence-electron chi connectivity index (χ1n) is 19.8. The minimum Gasteiger partial charge on any atom is -0.478 e. The molecule has 6 aromatic heterocycles. The number of halogens is 3. The number of hydrogen-bond acceptors (Lipinski definition) is 13. The van der Waals surface area contributed by atoms with Crippen LogP contribution in [-0.4, -0.2) is 58.5 Å². The second-order valence-corrected chi connectivity index (χ2v) is 15.6. The van der Waals surface area contributed by atoms with E-state index in [1.165, 1.54) is 36.8 Å². The van der Waals surface area contributed by atoms with Crippen molar-refractivity contribution in [3.63, 3.8) is 0 Å². The number of carboxylic acids is 1. The van der Waals surface area contributed by atoms with Gasteiger partial charge in [-0.1, -0.05) is 30.6 Å². The number of nitrogens with two attached hydrogens (primary N) is 3. The van der Waals surface area contributed by atoms with Gasteiger partial charge in [-0.05, 0) is 135 Å². The molecule has 0 fully saturated rings. The van der Waals surface area contributed by atoms with Gasteiger partial charge in [0.15, 0.2) is 0 Å². The number of pyridine rings is 6. The van der Waals surface area contributed by atoms with Gasteiger partial charge in [0, 0.05) is 76.7 Å². The minimum absolute atomic E-state index is 0. The van der Waals surface area contributed by atoms with Crippen molar-refractivity contribution in [3.05, 3.63) is 187 Å². The number of rotatable bonds is 9. The van der Waals surface area contributed by atoms with Crippen LogP contribution in [0.5, 0.6) is 0 Å². The molecule has 6 heterocycles. The van der Waals surface area contributed by atoms with E-state index in [1.54, 1.807) is 66.9 Å². The zero-order valence-electron chi connectivity index (χ0n) is 36.0. The third-order valence-electron chi connectivity index (χ3n) is 10.1. The monoisotopic (exact) mass is 960 g/mol. The summed E-state index contributed by atoms with van der Waals surface area (Å²) < 4.78 is 0. The van der Waals surface area contributed by atoms with Crippen molar-refractivity contribution in [2.45, 2.75) is 48.2 Å². The molecule has 0 spiro atoms. The first-order chi connectivity index (χ1) is 31.0. The van der Waals surface area contributed by atoms with Crippen LogP contribution in [0.3, 0.4) is 0 Å². The van der Waals surface area contributed by atoms with Crippen molar-refractivity contribution in [2.75, 3.05) is 11.5 Å². The Morgan fingerprint density at radius 2 is 1.04 bits per heavy atom. The van der Waals surface area contributed by atoms with Crippen LogP contribution in [0.2, 0.25) is 10.0 Å². The number of benzene rings is 2. The largest absolute Gasteiger partial charge is 0.478 e. The van der Waals surface area contributed by atoms with Crippen molar-refractivity contribution in [1.82, 2.24) is 35.2 Å². The molecule has 0 radical (unpaired) electrons. The molecular formula is C49H47Cl3N10O5. The van der Waals surface area contributed by atoms with Gasteiger partial charge in [0.2, 0.25) is 11.6 Å². The summed E-state index contributed by atoms with van der Waals surface area (Å²) in [4.78, 5) is 73.9. The van der Waals surface area contributed by atoms with Crippen LogP contribution in [0.1, 0.15) is 93.9 Å². The first kappa shape index (κ1) is 52.2. The molecule has 15 nitrogen and oxygen atoms in total. The molecule has 8 aromatic rings. The smallest absolute Gasteiger partial charge is 0.335 e. The van der Waals surface area contributed by atoms with E-state index >= 15 is 0 Å². The Kier molecular flexibility index (Phi) is 18.0. The number of nitrogen functional groups attached to an aromatic ring is 2. The fourth-order valence-corrected chi connectivity index (χ4v) is 7.13. The van der Waals surface area contributed by atoms with Gasteiger partial charge in [0.05, 0.1) is 26.6 Å². The van der Waals surface area contributed by atoms with Gasteiger partial charge in [0.25, 0.3) is 5.91 Å². The van der Waals surface area contributed by atoms with Crippen molar-refractivity contribution in [1.29, 1.82) is 0 Å². The van der Waals surface area contributed by atoms with Crippen LogP contribution in [-0.2, 0) is 13.1 Å². The number of nitrogens with zero attached hydrogens (tertiary/aromatic N) is 6. The topological polar surface area (TPSA) is 256 Å². The summed E-state index contributed by atoms with van der Waals surface area (Å²) in [6, 6.07) is 22.8. The van der Waals surface area contributed by atoms with Crippen molar-refractivity contribution >= 4 is 92.5 Å². The maximum atomic E-state index is 13.0. The number of anilines is 2. The lowest BCUT2D eigenvalue weighted by Crippen LogP contribution is -2.24. The van der Waals surface area contributed by atoms with E-state index in [0.29, 0.717) is 57.0 Å². The molecule has 0 saturated carbocycles. The lowest BCUT2D eigenvalue weighted by Gasteiger charge is -2.12. The van der Waals surface area contributed by atoms with Gasteiger partial charge in [-0.3, -0.25) is 34.3 Å². The summed E-state index contributed by atoms with van der Waals surface area (Å²) in [7, 11) is 0. The minimum atomic E-state index is -1.11. The van der Waals surface area contributed by atoms with Crippen LogP contribution in [0.15, 0.2) is 110 Å². The maximum absolute atomic E-state index is 13.0. The molecule has 0 aliphatic carbocycles. The van der Waals surface area contributed by atoms with Crippen LogP contribution in [0, 0.1) is 27.7 Å². The number of ketones is 2. The molecule has 8 rings (SSSR count). The van der Waals surface area contributed by atoms with E-state index in [9.17, 15) is 19.2 Å². The molecule has 8 N–H and O–H groups in total. The van der Waals surface area contributed by atoms with Crippen molar-refractivity contribution < 1.29 is 24.3 Å². The standard InChI is InChI=1S/C24H20ClN5O2.C16H9ClN2O3.C8H13N3.CH4.ClH/c1-13-7-22(26)30-14(2)19(13)12-29-24(32)16-5-6-27-21(10-16)23(31)15-3-4-20-17(8-15)9-18(25)11-28-20;17-12-6-11-5-9(1-2-13(11)19-8-12)15(20)14-7-10(16(21)22)3-4-18-14;1-5-3-8(10)11-6(2)7(5)4-9;;/h3-11H,12H2,1-2H3,(H2,26,30)(H,29,32);1-8H,(H,21,22);3H,4,9H2,1-2H3,(H2,10,11);1H4;1H. The number of carbonyl (C=O) groups is 4. The van der Waals surface area contributed by atoms with Crippen molar-refractivity contribution in [3.8, 4) is 0 Å². The number of aromatic carboxylic acids is 1. The number of aryl methyl sites for hydroxylation is 4. The van der Waals surface area contributed by atoms with E-state index in [-0.39, 0.29) is 54.3 Å². The predicted octanol–water partition coefficient (Wildman–Crippen LogP) is 9.05. The lowest BCUT2D eigenvalue weighted by molar-refractivity contribution is 0.0696. The van der Waals surface area contributed by atoms with E-state index < -0.39 is 5.97 Å². The highest BCUT2D eigenvalue weighted by atomic mass is 35.5. The molecule has 0 aliphatic rings. The van der Waals surface area contributed by atoms with Crippen LogP contribution < -0.4 is 22.5 Å². The number of amides is 1. The summed E-state index contributed by atoms with van der Waals surface area (Å²) in [6.07, 6.45) is 5.83. The average molecular weight is 962 g/mol. The number of hydrogen-bond donors (Lipinski definition) is 5. The second kappa shape index (κ2) is 23.2. The van der Waals surface area contributed by atoms with E-state index in [1.807, 2.05) is 33.8 Å². The van der Waals surface area contributed by atoms with Gasteiger partial charge >= 0.3 is 5.97 Å². The summed E-state index contributed by atoms with van der Waals surface area (Å²) in [5.41, 5.74) is 25.5. The fraction of sp³-hybridized carbons (Fsp3) is 0.143. The molecular weight excluding hydrogens is 915 g/mol. The molecule has 0 saturated heterocycles. The van der Waals surface area contributed by atoms with Gasteiger partial charge in [-0.2, -0.15) is 0 Å². The lowest BCUT2D eigenvalue weighted by atomic mass is 10.0. The molecule has 0 bridgehead atoms. The molecule has 18 heteroatoms. The SMILES string of the molecule is C.Cc1cc(N)nc(C)c1CN.Cc1cc(N)nc(C)c1CNC(=O)c1ccnc(C(=O)c2ccc3ncc(Cl)cc3c2)c1.Cl.O=C(O)c1ccnc(C(=O)c2ccc3ncc(Cl)cc3c2)c1. The number of aromatic nitrogens is 6. The molecule has 0 aliphatic heterocycles. The zero-order chi connectivity index (χ0) is 46.9. The summed E-state index contributed by atoms with van der Waals surface area (Å²) in [6.45, 7) is 8.51. The highest BCUT2D eigenvalue weighted by Crippen LogP contribution is 2.22. The van der Waals surface area contributed by atoms with E-state index in [4.69, 9.17) is 45.5 Å². The number of nitrogens with one attached hydrogen (secondary N) is 1. The Bertz CT molecular complexity index is 3100. The highest BCUT2D eigenvalue weighted by molar-refractivity contribution is 6.31. The summed E-state index contributed by atoms with van der Waals surface area (Å²) >= 11 is 11.9. The molecule has 1 amide bonds. The Balaban J connectivity index is 0.000000242. The fourth-order valence-electron chi connectivity index (χ4n) is 6.79. The summed E-state index contributed by atoms with van der Waals surface area (Å²) in [5, 5.41) is 14.3. The molecule has 0 atom stereocenters. The zero-order valence-corrected chi connectivity index (χ0v) is 38.3. The third-order valence-corrected chi connectivity index (χ3v) is 10.5. The average Bonchev–Trinajstić information content (AvgIpc) is 3.28. The number of carboxylic acid groups (broad SMARTS) is 1. The Labute approximate surface area is 402 Å². The van der Waals surface area contributed by atoms with Gasteiger partial charge in [-0.15, -0.1) is 12.4 Å². The molecule has 0 unspecified atom stereocenters. The van der Waals surface area contributed by atoms with E-state index in [2.05, 4.69) is 35.2 Å².